The number of nitrogens with one attached hydrogen (secondary N) is 1. The minimum absolute atomic E-state index is 0.305. The molecule has 0 aromatic rings. The summed E-state index contributed by atoms with van der Waals surface area (Å²) in [4.78, 5) is 0. The van der Waals surface area contributed by atoms with Crippen molar-refractivity contribution in [1.82, 2.24) is 5.32 Å². The Morgan fingerprint density at radius 2 is 1.12 bits per heavy atom. The van der Waals surface area contributed by atoms with Crippen LogP contribution in [-0.4, -0.2) is 19.3 Å². The average molecular weight is 370 g/mol. The van der Waals surface area contributed by atoms with Gasteiger partial charge in [-0.1, -0.05) is 111 Å². The average Bonchev–Trinajstić information content (AvgIpc) is 2.61. The van der Waals surface area contributed by atoms with Crippen LogP contribution >= 0.6 is 0 Å². The smallest absolute Gasteiger partial charge is 0.0718 e. The summed E-state index contributed by atoms with van der Waals surface area (Å²) in [6.45, 7) is 16.9. The lowest BCUT2D eigenvalue weighted by Gasteiger charge is -2.42. The molecule has 1 unspecified atom stereocenters. The molecule has 0 aliphatic rings. The number of hydrogen-bond donors (Lipinski definition) is 1. The van der Waals surface area contributed by atoms with Gasteiger partial charge in [-0.15, -0.1) is 0 Å². The van der Waals surface area contributed by atoms with Crippen LogP contribution in [0, 0.1) is 0 Å². The molecule has 0 aromatic carbocycles. The molecule has 0 rings (SSSR count). The molecule has 1 atom stereocenters. The molecule has 0 fully saturated rings. The maximum Gasteiger partial charge on any atom is 0.0718 e. The summed E-state index contributed by atoms with van der Waals surface area (Å²) < 4.78 is 0. The Balaban J connectivity index is 4.13. The van der Waals surface area contributed by atoms with Crippen molar-refractivity contribution >= 4 is 8.07 Å². The molecule has 1 N–H and O–H groups in total. The van der Waals surface area contributed by atoms with Crippen LogP contribution < -0.4 is 5.32 Å². The lowest BCUT2D eigenvalue weighted by molar-refractivity contribution is 0.327. The third-order valence-electron chi connectivity index (χ3n) is 6.73. The summed E-state index contributed by atoms with van der Waals surface area (Å²) in [5, 5.41) is 4.12. The number of hydrogen-bond acceptors (Lipinski definition) is 1. The van der Waals surface area contributed by atoms with Crippen molar-refractivity contribution in [2.75, 3.05) is 0 Å². The molecule has 0 heterocycles. The van der Waals surface area contributed by atoms with E-state index in [-0.39, 0.29) is 0 Å². The van der Waals surface area contributed by atoms with E-state index in [1.807, 2.05) is 0 Å². The molecular formula is C23H51NSi. The van der Waals surface area contributed by atoms with Crippen molar-refractivity contribution in [3.63, 3.8) is 0 Å². The Morgan fingerprint density at radius 1 is 0.680 bits per heavy atom. The van der Waals surface area contributed by atoms with Crippen LogP contribution in [0.15, 0.2) is 0 Å². The third-order valence-corrected chi connectivity index (χ3v) is 13.0. The van der Waals surface area contributed by atoms with Crippen LogP contribution in [0.1, 0.15) is 119 Å². The topological polar surface area (TPSA) is 12.0 Å². The van der Waals surface area contributed by atoms with Crippen molar-refractivity contribution < 1.29 is 0 Å². The summed E-state index contributed by atoms with van der Waals surface area (Å²) in [5.74, 6) is 0. The van der Waals surface area contributed by atoms with Crippen LogP contribution in [0.3, 0.4) is 0 Å². The monoisotopic (exact) mass is 369 g/mol. The maximum atomic E-state index is 4.12. The molecule has 0 saturated heterocycles. The summed E-state index contributed by atoms with van der Waals surface area (Å²) in [6, 6.07) is 4.29. The third kappa shape index (κ3) is 10.2. The van der Waals surface area contributed by atoms with Crippen molar-refractivity contribution in [2.45, 2.75) is 148 Å². The molecule has 0 saturated carbocycles. The molecular weight excluding hydrogens is 318 g/mol. The van der Waals surface area contributed by atoms with E-state index in [9.17, 15) is 0 Å². The highest BCUT2D eigenvalue weighted by Gasteiger charge is 2.37. The number of unbranched alkanes of at least 4 members (excludes halogenated alkanes) is 8. The van der Waals surface area contributed by atoms with Crippen molar-refractivity contribution in [1.29, 1.82) is 0 Å². The Hall–Kier alpha value is 0.177. The van der Waals surface area contributed by atoms with Gasteiger partial charge in [0.25, 0.3) is 0 Å². The highest BCUT2D eigenvalue weighted by Crippen LogP contribution is 2.28. The van der Waals surface area contributed by atoms with E-state index >= 15 is 0 Å². The molecule has 0 spiro atoms. The first-order valence-corrected chi connectivity index (χ1v) is 14.4. The van der Waals surface area contributed by atoms with Gasteiger partial charge < -0.3 is 5.32 Å². The molecule has 2 heteroatoms. The van der Waals surface area contributed by atoms with Crippen molar-refractivity contribution in [3.05, 3.63) is 0 Å². The minimum Gasteiger partial charge on any atom is -0.312 e. The fourth-order valence-electron chi connectivity index (χ4n) is 4.60. The van der Waals surface area contributed by atoms with E-state index in [1.54, 1.807) is 0 Å². The fourth-order valence-corrected chi connectivity index (χ4v) is 9.14. The Morgan fingerprint density at radius 3 is 1.52 bits per heavy atom. The van der Waals surface area contributed by atoms with Gasteiger partial charge in [0.2, 0.25) is 0 Å². The summed E-state index contributed by atoms with van der Waals surface area (Å²) >= 11 is 0. The number of rotatable bonds is 17. The SMILES string of the molecule is CCCCCCCCCCCC(C)(C)NC(CC)[Si](CC)(CC)CC. The largest absolute Gasteiger partial charge is 0.312 e. The van der Waals surface area contributed by atoms with E-state index in [4.69, 9.17) is 0 Å². The zero-order valence-electron chi connectivity index (χ0n) is 19.0. The summed E-state index contributed by atoms with van der Waals surface area (Å²) in [7, 11) is -1.14. The van der Waals surface area contributed by atoms with Gasteiger partial charge in [0.05, 0.1) is 8.07 Å². The fraction of sp³-hybridized carbons (Fsp3) is 1.00. The molecule has 0 aliphatic heterocycles. The molecule has 0 aliphatic carbocycles. The van der Waals surface area contributed by atoms with Crippen molar-refractivity contribution in [3.8, 4) is 0 Å². The van der Waals surface area contributed by atoms with Crippen molar-refractivity contribution in [2.24, 2.45) is 0 Å². The highest BCUT2D eigenvalue weighted by atomic mass is 28.3. The van der Waals surface area contributed by atoms with Gasteiger partial charge >= 0.3 is 0 Å². The van der Waals surface area contributed by atoms with Gasteiger partial charge in [-0.25, -0.2) is 0 Å². The quantitative estimate of drug-likeness (QED) is 0.202. The highest BCUT2D eigenvalue weighted by molar-refractivity contribution is 6.81. The molecule has 1 nitrogen and oxygen atoms in total. The molecule has 0 radical (unpaired) electrons. The van der Waals surface area contributed by atoms with Crippen LogP contribution in [0.2, 0.25) is 18.1 Å². The molecule has 152 valence electrons. The first kappa shape index (κ1) is 25.2. The van der Waals surface area contributed by atoms with Crippen LogP contribution in [0.25, 0.3) is 0 Å². The van der Waals surface area contributed by atoms with E-state index < -0.39 is 8.07 Å². The lowest BCUT2D eigenvalue weighted by atomic mass is 9.95. The first-order valence-electron chi connectivity index (χ1n) is 11.7. The summed E-state index contributed by atoms with van der Waals surface area (Å²) in [6.07, 6.45) is 15.5. The second-order valence-electron chi connectivity index (χ2n) is 8.99. The van der Waals surface area contributed by atoms with E-state index in [0.29, 0.717) is 5.54 Å². The van der Waals surface area contributed by atoms with Gasteiger partial charge in [0.15, 0.2) is 0 Å². The Labute approximate surface area is 162 Å². The minimum atomic E-state index is -1.14. The molecule has 0 aromatic heterocycles. The van der Waals surface area contributed by atoms with Gasteiger partial charge in [0, 0.05) is 11.2 Å². The van der Waals surface area contributed by atoms with Crippen LogP contribution in [0.4, 0.5) is 0 Å². The Bertz CT molecular complexity index is 288. The Kier molecular flexibility index (Phi) is 14.4. The van der Waals surface area contributed by atoms with E-state index in [1.165, 1.54) is 88.8 Å². The van der Waals surface area contributed by atoms with Crippen LogP contribution in [-0.2, 0) is 0 Å². The second kappa shape index (κ2) is 14.3. The second-order valence-corrected chi connectivity index (χ2v) is 14.5. The van der Waals surface area contributed by atoms with Gasteiger partial charge in [-0.2, -0.15) is 0 Å². The standard InChI is InChI=1S/C23H51NSi/c1-8-13-14-15-16-17-18-19-20-21-23(6,7)24-22(9-2)25(10-3,11-4)12-5/h22,24H,8-21H2,1-7H3. The van der Waals surface area contributed by atoms with Gasteiger partial charge in [0.1, 0.15) is 0 Å². The zero-order chi connectivity index (χ0) is 19.2. The molecule has 25 heavy (non-hydrogen) atoms. The predicted octanol–water partition coefficient (Wildman–Crippen LogP) is 8.10. The summed E-state index contributed by atoms with van der Waals surface area (Å²) in [5.41, 5.74) is 1.10. The normalized spacial score (nSPS) is 14.0. The molecule has 0 bridgehead atoms. The van der Waals surface area contributed by atoms with E-state index in [0.717, 1.165) is 5.67 Å². The van der Waals surface area contributed by atoms with Crippen LogP contribution in [0.5, 0.6) is 0 Å². The first-order chi connectivity index (χ1) is 11.9. The maximum absolute atomic E-state index is 4.12. The van der Waals surface area contributed by atoms with Gasteiger partial charge in [-0.05, 0) is 26.7 Å². The lowest BCUT2D eigenvalue weighted by Crippen LogP contribution is -2.59. The van der Waals surface area contributed by atoms with E-state index in [2.05, 4.69) is 53.8 Å². The predicted molar refractivity (Wildman–Crippen MR) is 120 cm³/mol. The van der Waals surface area contributed by atoms with Gasteiger partial charge in [-0.3, -0.25) is 0 Å². The molecule has 0 amide bonds. The zero-order valence-corrected chi connectivity index (χ0v) is 20.0.